The monoisotopic (exact) mass is 992 g/mol. The summed E-state index contributed by atoms with van der Waals surface area (Å²) in [7, 11) is 1.56. The number of phosphoric ester groups is 1. The van der Waals surface area contributed by atoms with Crippen molar-refractivity contribution in [3.8, 4) is 0 Å². The molecule has 1 amide bonds. The highest BCUT2D eigenvalue weighted by molar-refractivity contribution is 7.47. The number of rotatable bonds is 54. The van der Waals surface area contributed by atoms with Gasteiger partial charge in [0.1, 0.15) is 13.2 Å². The van der Waals surface area contributed by atoms with E-state index in [4.69, 9.17) is 9.05 Å². The quantitative estimate of drug-likeness (QED) is 0.0243. The number of amides is 1. The van der Waals surface area contributed by atoms with Crippen molar-refractivity contribution in [3.63, 3.8) is 0 Å². The molecule has 0 aliphatic heterocycles. The van der Waals surface area contributed by atoms with E-state index in [9.17, 15) is 19.4 Å². The highest BCUT2D eigenvalue weighted by Gasteiger charge is 2.27. The van der Waals surface area contributed by atoms with Gasteiger partial charge in [0.25, 0.3) is 0 Å². The third-order valence-electron chi connectivity index (χ3n) is 13.3. The van der Waals surface area contributed by atoms with Crippen molar-refractivity contribution in [2.75, 3.05) is 40.9 Å². The number of hydrogen-bond donors (Lipinski definition) is 3. The first-order valence-electron chi connectivity index (χ1n) is 29.5. The molecule has 0 aromatic carbocycles. The summed E-state index contributed by atoms with van der Waals surface area (Å²) < 4.78 is 23.7. The first kappa shape index (κ1) is 67.5. The number of aliphatic hydroxyl groups excluding tert-OH is 1. The summed E-state index contributed by atoms with van der Waals surface area (Å²) in [5.74, 6) is -0.185. The Hall–Kier alpha value is -1.54. The molecule has 69 heavy (non-hydrogen) atoms. The van der Waals surface area contributed by atoms with E-state index in [0.29, 0.717) is 17.4 Å². The van der Waals surface area contributed by atoms with Crippen molar-refractivity contribution >= 4 is 13.7 Å². The van der Waals surface area contributed by atoms with E-state index in [1.54, 1.807) is 6.08 Å². The number of quaternary nitrogens is 1. The summed E-state index contributed by atoms with van der Waals surface area (Å²) in [5, 5.41) is 13.9. The minimum Gasteiger partial charge on any atom is -0.387 e. The summed E-state index contributed by atoms with van der Waals surface area (Å²) in [4.78, 5) is 23.3. The SMILES string of the molecule is CCCCCCCCCC/C=C/CC/C=C/C(O)C(COP(=O)(O)OCC[N+](C)(C)C)NC(=O)CCCCCCCCCCCCCCCCCCC/C=C\C/C=C\CCCCCCCCCCC. The van der Waals surface area contributed by atoms with Gasteiger partial charge in [-0.2, -0.15) is 0 Å². The van der Waals surface area contributed by atoms with Crippen molar-refractivity contribution in [3.05, 3.63) is 48.6 Å². The molecule has 0 aromatic heterocycles. The summed E-state index contributed by atoms with van der Waals surface area (Å²) >= 11 is 0. The van der Waals surface area contributed by atoms with Crippen LogP contribution in [0.2, 0.25) is 0 Å². The highest BCUT2D eigenvalue weighted by atomic mass is 31.2. The Morgan fingerprint density at radius 2 is 0.841 bits per heavy atom. The van der Waals surface area contributed by atoms with Crippen molar-refractivity contribution in [2.24, 2.45) is 0 Å². The Bertz CT molecular complexity index is 1260. The van der Waals surface area contributed by atoms with Gasteiger partial charge in [-0.1, -0.05) is 255 Å². The lowest BCUT2D eigenvalue weighted by atomic mass is 10.0. The van der Waals surface area contributed by atoms with Gasteiger partial charge in [0.05, 0.1) is 39.9 Å². The number of allylic oxidation sites excluding steroid dienone is 7. The van der Waals surface area contributed by atoms with Gasteiger partial charge in [0.15, 0.2) is 0 Å². The summed E-state index contributed by atoms with van der Waals surface area (Å²) in [6, 6.07) is -0.863. The Balaban J connectivity index is 4.04. The average Bonchev–Trinajstić information content (AvgIpc) is 3.31. The number of aliphatic hydroxyl groups is 1. The van der Waals surface area contributed by atoms with Gasteiger partial charge in [-0.3, -0.25) is 13.8 Å². The first-order valence-corrected chi connectivity index (χ1v) is 31.0. The molecule has 3 unspecified atom stereocenters. The average molecular weight is 993 g/mol. The van der Waals surface area contributed by atoms with Gasteiger partial charge >= 0.3 is 7.82 Å². The Kier molecular flexibility index (Phi) is 50.2. The summed E-state index contributed by atoms with van der Waals surface area (Å²) in [5.41, 5.74) is 0. The molecule has 0 bridgehead atoms. The van der Waals surface area contributed by atoms with Crippen molar-refractivity contribution in [1.82, 2.24) is 5.32 Å². The van der Waals surface area contributed by atoms with Gasteiger partial charge in [0, 0.05) is 6.42 Å². The maximum atomic E-state index is 13.0. The zero-order valence-corrected chi connectivity index (χ0v) is 47.2. The molecule has 0 aromatic rings. The normalized spacial score (nSPS) is 14.2. The largest absolute Gasteiger partial charge is 0.472 e. The Labute approximate surface area is 429 Å². The minimum absolute atomic E-state index is 0.0563. The van der Waals surface area contributed by atoms with E-state index in [2.05, 4.69) is 55.6 Å². The molecular formula is C60H116N2O6P+. The first-order chi connectivity index (χ1) is 33.5. The van der Waals surface area contributed by atoms with Gasteiger partial charge in [-0.05, 0) is 64.2 Å². The van der Waals surface area contributed by atoms with Crippen LogP contribution in [0.1, 0.15) is 277 Å². The Morgan fingerprint density at radius 3 is 1.25 bits per heavy atom. The van der Waals surface area contributed by atoms with Crippen LogP contribution in [0.4, 0.5) is 0 Å². The smallest absolute Gasteiger partial charge is 0.387 e. The molecule has 3 N–H and O–H groups in total. The third kappa shape index (κ3) is 54.1. The van der Waals surface area contributed by atoms with E-state index in [-0.39, 0.29) is 19.1 Å². The fraction of sp³-hybridized carbons (Fsp3) is 0.850. The maximum Gasteiger partial charge on any atom is 0.472 e. The molecule has 0 aliphatic carbocycles. The maximum absolute atomic E-state index is 13.0. The molecule has 0 aliphatic rings. The molecule has 0 radical (unpaired) electrons. The van der Waals surface area contributed by atoms with E-state index in [0.717, 1.165) is 44.9 Å². The molecular weight excluding hydrogens is 876 g/mol. The molecule has 9 heteroatoms. The van der Waals surface area contributed by atoms with Crippen molar-refractivity contribution in [1.29, 1.82) is 0 Å². The van der Waals surface area contributed by atoms with Crippen molar-refractivity contribution in [2.45, 2.75) is 289 Å². The number of carbonyl (C=O) groups is 1. The topological polar surface area (TPSA) is 105 Å². The Morgan fingerprint density at radius 1 is 0.493 bits per heavy atom. The number of nitrogens with one attached hydrogen (secondary N) is 1. The van der Waals surface area contributed by atoms with Gasteiger partial charge in [-0.25, -0.2) is 4.57 Å². The lowest BCUT2D eigenvalue weighted by molar-refractivity contribution is -0.870. The number of unbranched alkanes of at least 4 members (excludes halogenated alkanes) is 35. The molecule has 0 saturated carbocycles. The summed E-state index contributed by atoms with van der Waals surface area (Å²) in [6.07, 6.45) is 68.0. The van der Waals surface area contributed by atoms with Gasteiger partial charge in [-0.15, -0.1) is 0 Å². The van der Waals surface area contributed by atoms with Crippen molar-refractivity contribution < 1.29 is 32.9 Å². The number of carbonyl (C=O) groups excluding carboxylic acids is 1. The molecule has 3 atom stereocenters. The van der Waals surface area contributed by atoms with Crippen LogP contribution in [-0.2, 0) is 18.4 Å². The predicted octanol–water partition coefficient (Wildman–Crippen LogP) is 17.9. The van der Waals surface area contributed by atoms with E-state index >= 15 is 0 Å². The molecule has 0 fully saturated rings. The van der Waals surface area contributed by atoms with Crippen LogP contribution in [0.3, 0.4) is 0 Å². The summed E-state index contributed by atoms with van der Waals surface area (Å²) in [6.45, 7) is 4.81. The van der Waals surface area contributed by atoms with Gasteiger partial charge in [0.2, 0.25) is 5.91 Å². The number of phosphoric acid groups is 1. The lowest BCUT2D eigenvalue weighted by Gasteiger charge is -2.25. The lowest BCUT2D eigenvalue weighted by Crippen LogP contribution is -2.45. The second-order valence-electron chi connectivity index (χ2n) is 21.4. The van der Waals surface area contributed by atoms with E-state index in [1.807, 2.05) is 27.2 Å². The highest BCUT2D eigenvalue weighted by Crippen LogP contribution is 2.43. The van der Waals surface area contributed by atoms with Crippen LogP contribution in [0.25, 0.3) is 0 Å². The molecule has 406 valence electrons. The van der Waals surface area contributed by atoms with E-state index in [1.165, 1.54) is 212 Å². The third-order valence-corrected chi connectivity index (χ3v) is 14.3. The van der Waals surface area contributed by atoms with Gasteiger partial charge < -0.3 is 19.8 Å². The zero-order valence-electron chi connectivity index (χ0n) is 46.3. The van der Waals surface area contributed by atoms with Crippen LogP contribution in [-0.4, -0.2) is 73.4 Å². The molecule has 0 rings (SSSR count). The minimum atomic E-state index is -4.35. The standard InChI is InChI=1S/C60H115N2O6P/c1-6-8-10-12-14-16-18-20-22-23-24-25-26-27-28-29-30-31-32-33-34-35-36-37-38-39-40-42-44-46-48-50-52-54-60(64)61-58(57-68-69(65,66)67-56-55-62(3,4)5)59(63)53-51-49-47-45-43-41-21-19-17-15-13-11-9-7-2/h24-25,27-28,43,45,51,53,58-59,63H,6-23,26,29-42,44,46-50,52,54-57H2,1-5H3,(H-,61,64,65,66)/p+1/b25-24-,28-27-,45-43+,53-51+. The van der Waals surface area contributed by atoms with E-state index < -0.39 is 20.0 Å². The second-order valence-corrected chi connectivity index (χ2v) is 22.8. The van der Waals surface area contributed by atoms with Crippen LogP contribution in [0.15, 0.2) is 48.6 Å². The number of hydrogen-bond acceptors (Lipinski definition) is 5. The van der Waals surface area contributed by atoms with Crippen LogP contribution in [0.5, 0.6) is 0 Å². The number of nitrogens with zero attached hydrogens (tertiary/aromatic N) is 1. The molecule has 0 spiro atoms. The van der Waals surface area contributed by atoms with Crippen LogP contribution in [0, 0.1) is 0 Å². The fourth-order valence-electron chi connectivity index (χ4n) is 8.62. The molecule has 0 saturated heterocycles. The number of likely N-dealkylation sites (N-methyl/N-ethyl adjacent to an activating group) is 1. The van der Waals surface area contributed by atoms with Crippen LogP contribution < -0.4 is 5.32 Å². The van der Waals surface area contributed by atoms with Crippen LogP contribution >= 0.6 is 7.82 Å². The molecule has 8 nitrogen and oxygen atoms in total. The predicted molar refractivity (Wildman–Crippen MR) is 300 cm³/mol. The fourth-order valence-corrected chi connectivity index (χ4v) is 9.36. The second kappa shape index (κ2) is 51.4. The molecule has 0 heterocycles. The zero-order chi connectivity index (χ0) is 50.6.